The Hall–Kier alpha value is -3.31. The molecule has 0 atom stereocenters. The Balaban J connectivity index is 1.47. The van der Waals surface area contributed by atoms with E-state index in [9.17, 15) is 4.79 Å². The number of aryl methyl sites for hydroxylation is 2. The topological polar surface area (TPSA) is 59.9 Å². The number of hydrogen-bond acceptors (Lipinski definition) is 4. The Morgan fingerprint density at radius 3 is 2.42 bits per heavy atom. The minimum atomic E-state index is -0.323. The predicted molar refractivity (Wildman–Crippen MR) is 124 cm³/mol. The Kier molecular flexibility index (Phi) is 7.68. The second kappa shape index (κ2) is 10.6. The minimum absolute atomic E-state index is 0.0999. The molecule has 1 N–H and O–H groups in total. The number of rotatable bonds is 8. The molecule has 31 heavy (non-hydrogen) atoms. The molecule has 0 fully saturated rings. The first-order valence-electron chi connectivity index (χ1n) is 9.92. The van der Waals surface area contributed by atoms with E-state index in [-0.39, 0.29) is 12.5 Å². The van der Waals surface area contributed by atoms with Gasteiger partial charge < -0.3 is 9.47 Å². The highest BCUT2D eigenvalue weighted by Crippen LogP contribution is 2.25. The quantitative estimate of drug-likeness (QED) is 0.381. The van der Waals surface area contributed by atoms with Gasteiger partial charge in [-0.3, -0.25) is 4.79 Å². The highest BCUT2D eigenvalue weighted by molar-refractivity contribution is 6.31. The van der Waals surface area contributed by atoms with Gasteiger partial charge in [-0.15, -0.1) is 0 Å². The van der Waals surface area contributed by atoms with E-state index in [1.54, 1.807) is 6.21 Å². The number of benzene rings is 3. The maximum atomic E-state index is 12.0. The first-order valence-corrected chi connectivity index (χ1v) is 10.3. The van der Waals surface area contributed by atoms with Gasteiger partial charge in [-0.05, 0) is 73.4 Å². The molecule has 0 aromatic heterocycles. The SMILES string of the molecule is Cc1ccc(C)c(OCC(=O)N/N=C/c2ccc(OCc3ccccc3Cl)cc2)c1C. The molecule has 3 aromatic rings. The average molecular weight is 437 g/mol. The molecule has 1 amide bonds. The van der Waals surface area contributed by atoms with E-state index in [0.717, 1.165) is 39.3 Å². The van der Waals surface area contributed by atoms with Crippen LogP contribution in [0.5, 0.6) is 11.5 Å². The molecule has 6 heteroatoms. The largest absolute Gasteiger partial charge is 0.489 e. The van der Waals surface area contributed by atoms with Gasteiger partial charge in [-0.25, -0.2) is 5.43 Å². The second-order valence-electron chi connectivity index (χ2n) is 7.18. The molecule has 3 aromatic carbocycles. The third-order valence-electron chi connectivity index (χ3n) is 4.86. The Labute approximate surface area is 187 Å². The van der Waals surface area contributed by atoms with Crippen LogP contribution in [0.3, 0.4) is 0 Å². The van der Waals surface area contributed by atoms with Crippen molar-refractivity contribution in [1.29, 1.82) is 0 Å². The van der Waals surface area contributed by atoms with Crippen LogP contribution in [0, 0.1) is 20.8 Å². The molecule has 0 saturated heterocycles. The zero-order chi connectivity index (χ0) is 22.2. The summed E-state index contributed by atoms with van der Waals surface area (Å²) < 4.78 is 11.4. The molecule has 0 aliphatic carbocycles. The summed E-state index contributed by atoms with van der Waals surface area (Å²) in [5, 5.41) is 4.67. The maximum absolute atomic E-state index is 12.0. The van der Waals surface area contributed by atoms with E-state index in [1.807, 2.05) is 81.4 Å². The molecule has 0 heterocycles. The molecule has 0 unspecified atom stereocenters. The molecule has 5 nitrogen and oxygen atoms in total. The molecule has 0 saturated carbocycles. The molecule has 3 rings (SSSR count). The Morgan fingerprint density at radius 1 is 0.968 bits per heavy atom. The summed E-state index contributed by atoms with van der Waals surface area (Å²) >= 11 is 6.14. The van der Waals surface area contributed by atoms with Crippen LogP contribution in [0.15, 0.2) is 65.8 Å². The van der Waals surface area contributed by atoms with Gasteiger partial charge in [0.1, 0.15) is 18.1 Å². The van der Waals surface area contributed by atoms with Gasteiger partial charge in [0.05, 0.1) is 6.21 Å². The fraction of sp³-hybridized carbons (Fsp3) is 0.200. The summed E-state index contributed by atoms with van der Waals surface area (Å²) in [5.41, 5.74) is 7.39. The number of carbonyl (C=O) groups excluding carboxylic acids is 1. The van der Waals surface area contributed by atoms with Crippen LogP contribution in [0.25, 0.3) is 0 Å². The van der Waals surface area contributed by atoms with Gasteiger partial charge in [0, 0.05) is 10.6 Å². The molecule has 0 aliphatic heterocycles. The summed E-state index contributed by atoms with van der Waals surface area (Å²) in [6.45, 7) is 6.24. The lowest BCUT2D eigenvalue weighted by molar-refractivity contribution is -0.123. The summed E-state index contributed by atoms with van der Waals surface area (Å²) in [5.74, 6) is 1.14. The highest BCUT2D eigenvalue weighted by Gasteiger charge is 2.08. The zero-order valence-corrected chi connectivity index (χ0v) is 18.6. The number of nitrogens with one attached hydrogen (secondary N) is 1. The van der Waals surface area contributed by atoms with Crippen molar-refractivity contribution in [2.24, 2.45) is 5.10 Å². The fourth-order valence-electron chi connectivity index (χ4n) is 2.92. The van der Waals surface area contributed by atoms with Gasteiger partial charge in [-0.2, -0.15) is 5.10 Å². The van der Waals surface area contributed by atoms with Crippen LogP contribution in [0.4, 0.5) is 0 Å². The van der Waals surface area contributed by atoms with Gasteiger partial charge in [0.15, 0.2) is 6.61 Å². The lowest BCUT2D eigenvalue weighted by atomic mass is 10.1. The Morgan fingerprint density at radius 2 is 1.68 bits per heavy atom. The summed E-state index contributed by atoms with van der Waals surface area (Å²) in [6, 6.07) is 19.0. The monoisotopic (exact) mass is 436 g/mol. The molecule has 0 aliphatic rings. The van der Waals surface area contributed by atoms with Gasteiger partial charge in [0.2, 0.25) is 0 Å². The normalized spacial score (nSPS) is 10.8. The van der Waals surface area contributed by atoms with E-state index in [2.05, 4.69) is 10.5 Å². The molecule has 0 bridgehead atoms. The van der Waals surface area contributed by atoms with Crippen molar-refractivity contribution in [1.82, 2.24) is 5.43 Å². The van der Waals surface area contributed by atoms with Crippen molar-refractivity contribution < 1.29 is 14.3 Å². The van der Waals surface area contributed by atoms with Gasteiger partial charge in [0.25, 0.3) is 5.91 Å². The standard InChI is InChI=1S/C25H25ClN2O3/c1-17-8-9-18(2)25(19(17)3)31-16-24(29)28-27-14-20-10-12-22(13-11-20)30-15-21-6-4-5-7-23(21)26/h4-14H,15-16H2,1-3H3,(H,28,29)/b27-14+. The molecule has 0 spiro atoms. The van der Waals surface area contributed by atoms with Crippen LogP contribution >= 0.6 is 11.6 Å². The first kappa shape index (κ1) is 22.4. The lowest BCUT2D eigenvalue weighted by Gasteiger charge is -2.13. The number of nitrogens with zero attached hydrogens (tertiary/aromatic N) is 1. The van der Waals surface area contributed by atoms with Crippen LogP contribution in [-0.2, 0) is 11.4 Å². The zero-order valence-electron chi connectivity index (χ0n) is 17.8. The fourth-order valence-corrected chi connectivity index (χ4v) is 3.11. The van der Waals surface area contributed by atoms with Crippen molar-refractivity contribution >= 4 is 23.7 Å². The van der Waals surface area contributed by atoms with Crippen molar-refractivity contribution in [2.75, 3.05) is 6.61 Å². The minimum Gasteiger partial charge on any atom is -0.489 e. The van der Waals surface area contributed by atoms with Crippen LogP contribution in [-0.4, -0.2) is 18.7 Å². The number of hydrazone groups is 1. The van der Waals surface area contributed by atoms with Crippen LogP contribution in [0.2, 0.25) is 5.02 Å². The maximum Gasteiger partial charge on any atom is 0.277 e. The smallest absolute Gasteiger partial charge is 0.277 e. The van der Waals surface area contributed by atoms with E-state index >= 15 is 0 Å². The lowest BCUT2D eigenvalue weighted by Crippen LogP contribution is -2.25. The predicted octanol–water partition coefficient (Wildman–Crippen LogP) is 5.37. The average Bonchev–Trinajstić information content (AvgIpc) is 2.77. The first-order chi connectivity index (χ1) is 14.9. The number of halogens is 1. The third kappa shape index (κ3) is 6.33. The van der Waals surface area contributed by atoms with E-state index in [4.69, 9.17) is 21.1 Å². The summed E-state index contributed by atoms with van der Waals surface area (Å²) in [6.07, 6.45) is 1.57. The van der Waals surface area contributed by atoms with Gasteiger partial charge >= 0.3 is 0 Å². The van der Waals surface area contributed by atoms with Gasteiger partial charge in [-0.1, -0.05) is 41.9 Å². The van der Waals surface area contributed by atoms with E-state index in [0.29, 0.717) is 11.6 Å². The van der Waals surface area contributed by atoms with Crippen molar-refractivity contribution in [2.45, 2.75) is 27.4 Å². The molecule has 0 radical (unpaired) electrons. The Bertz CT molecular complexity index is 1080. The molecular weight excluding hydrogens is 412 g/mol. The second-order valence-corrected chi connectivity index (χ2v) is 7.59. The van der Waals surface area contributed by atoms with Crippen molar-refractivity contribution in [3.8, 4) is 11.5 Å². The van der Waals surface area contributed by atoms with Crippen LogP contribution < -0.4 is 14.9 Å². The van der Waals surface area contributed by atoms with E-state index in [1.165, 1.54) is 0 Å². The summed E-state index contributed by atoms with van der Waals surface area (Å²) in [4.78, 5) is 12.0. The van der Waals surface area contributed by atoms with Crippen LogP contribution in [0.1, 0.15) is 27.8 Å². The number of amides is 1. The number of ether oxygens (including phenoxy) is 2. The summed E-state index contributed by atoms with van der Waals surface area (Å²) in [7, 11) is 0. The molecule has 160 valence electrons. The number of carbonyl (C=O) groups is 1. The van der Waals surface area contributed by atoms with Crippen molar-refractivity contribution in [3.63, 3.8) is 0 Å². The van der Waals surface area contributed by atoms with Crippen molar-refractivity contribution in [3.05, 3.63) is 93.5 Å². The number of hydrogen-bond donors (Lipinski definition) is 1. The molecular formula is C25H25ClN2O3. The van der Waals surface area contributed by atoms with E-state index < -0.39 is 0 Å². The highest BCUT2D eigenvalue weighted by atomic mass is 35.5. The third-order valence-corrected chi connectivity index (χ3v) is 5.23.